The maximum atomic E-state index is 12.1. The molecule has 0 saturated heterocycles. The lowest BCUT2D eigenvalue weighted by Gasteiger charge is -2.10. The average molecular weight is 370 g/mol. The molecule has 2 rings (SSSR count). The number of hydrogen-bond donors (Lipinski definition) is 2. The van der Waals surface area contributed by atoms with Gasteiger partial charge in [-0.05, 0) is 44.7 Å². The molecule has 132 valence electrons. The molecule has 24 heavy (non-hydrogen) atoms. The predicted molar refractivity (Wildman–Crippen MR) is 101 cm³/mol. The Kier molecular flexibility index (Phi) is 8.74. The first-order valence-corrected chi connectivity index (χ1v) is 8.66. The van der Waals surface area contributed by atoms with E-state index in [1.54, 1.807) is 5.38 Å². The van der Waals surface area contributed by atoms with Gasteiger partial charge < -0.3 is 15.4 Å². The number of benzene rings is 1. The minimum Gasteiger partial charge on any atom is -0.494 e. The van der Waals surface area contributed by atoms with Crippen molar-refractivity contribution in [2.24, 2.45) is 0 Å². The van der Waals surface area contributed by atoms with E-state index in [2.05, 4.69) is 22.5 Å². The van der Waals surface area contributed by atoms with E-state index < -0.39 is 0 Å². The van der Waals surface area contributed by atoms with Crippen LogP contribution >= 0.6 is 23.7 Å². The summed E-state index contributed by atoms with van der Waals surface area (Å²) in [6, 6.07) is 8.03. The van der Waals surface area contributed by atoms with Gasteiger partial charge in [0.25, 0.3) is 5.91 Å². The molecule has 7 heteroatoms. The van der Waals surface area contributed by atoms with Gasteiger partial charge in [0.2, 0.25) is 0 Å². The number of likely N-dealkylation sites (N-methyl/N-ethyl adjacent to an activating group) is 1. The van der Waals surface area contributed by atoms with Gasteiger partial charge in [0.05, 0.1) is 6.61 Å². The van der Waals surface area contributed by atoms with E-state index in [0.29, 0.717) is 18.8 Å². The van der Waals surface area contributed by atoms with E-state index in [9.17, 15) is 4.79 Å². The topological polar surface area (TPSA) is 63.2 Å². The van der Waals surface area contributed by atoms with Crippen molar-refractivity contribution in [3.63, 3.8) is 0 Å². The first-order chi connectivity index (χ1) is 11.1. The average Bonchev–Trinajstić information content (AvgIpc) is 3.08. The number of amides is 1. The van der Waals surface area contributed by atoms with Crippen molar-refractivity contribution in [3.05, 3.63) is 35.3 Å². The first kappa shape index (κ1) is 20.4. The molecular weight excluding hydrogens is 346 g/mol. The molecule has 1 aromatic carbocycles. The predicted octanol–water partition coefficient (Wildman–Crippen LogP) is 3.36. The Morgan fingerprint density at radius 1 is 1.33 bits per heavy atom. The van der Waals surface area contributed by atoms with Crippen molar-refractivity contribution < 1.29 is 9.53 Å². The van der Waals surface area contributed by atoms with E-state index in [0.717, 1.165) is 22.7 Å². The number of carbonyl (C=O) groups excluding carboxylic acids is 1. The number of rotatable bonds is 8. The highest BCUT2D eigenvalue weighted by molar-refractivity contribution is 7.13. The summed E-state index contributed by atoms with van der Waals surface area (Å²) in [5.74, 6) is 0.712. The lowest BCUT2D eigenvalue weighted by Crippen LogP contribution is -2.37. The van der Waals surface area contributed by atoms with Crippen LogP contribution in [-0.2, 0) is 0 Å². The maximum absolute atomic E-state index is 12.1. The number of thiazole rings is 1. The smallest absolute Gasteiger partial charge is 0.270 e. The minimum atomic E-state index is -0.141. The van der Waals surface area contributed by atoms with Crippen LogP contribution in [0.3, 0.4) is 0 Å². The van der Waals surface area contributed by atoms with Crippen molar-refractivity contribution in [1.82, 2.24) is 15.6 Å². The largest absolute Gasteiger partial charge is 0.494 e. The Morgan fingerprint density at radius 3 is 2.67 bits per heavy atom. The summed E-state index contributed by atoms with van der Waals surface area (Å²) < 4.78 is 5.57. The van der Waals surface area contributed by atoms with Gasteiger partial charge in [-0.1, -0.05) is 6.92 Å². The van der Waals surface area contributed by atoms with E-state index in [-0.39, 0.29) is 24.4 Å². The van der Waals surface area contributed by atoms with Crippen LogP contribution in [0.2, 0.25) is 0 Å². The third-order valence-corrected chi connectivity index (χ3v) is 4.26. The Morgan fingerprint density at radius 2 is 2.04 bits per heavy atom. The van der Waals surface area contributed by atoms with Crippen LogP contribution < -0.4 is 15.4 Å². The Labute approximate surface area is 153 Å². The highest BCUT2D eigenvalue weighted by atomic mass is 35.5. The summed E-state index contributed by atoms with van der Waals surface area (Å²) in [5, 5.41) is 8.57. The van der Waals surface area contributed by atoms with Crippen LogP contribution in [0, 0.1) is 0 Å². The monoisotopic (exact) mass is 369 g/mol. The molecule has 0 aliphatic carbocycles. The van der Waals surface area contributed by atoms with Crippen LogP contribution in [0.4, 0.5) is 0 Å². The molecule has 0 saturated carbocycles. The fourth-order valence-corrected chi connectivity index (χ4v) is 2.67. The molecule has 0 spiro atoms. The number of halogens is 1. The first-order valence-electron chi connectivity index (χ1n) is 7.78. The normalized spacial score (nSPS) is 11.5. The summed E-state index contributed by atoms with van der Waals surface area (Å²) in [5.41, 5.74) is 1.45. The van der Waals surface area contributed by atoms with Crippen LogP contribution in [0.5, 0.6) is 5.75 Å². The molecule has 5 nitrogen and oxygen atoms in total. The van der Waals surface area contributed by atoms with Gasteiger partial charge >= 0.3 is 0 Å². The third kappa shape index (κ3) is 5.78. The molecular formula is C17H24ClN3O2S. The molecule has 0 aliphatic heterocycles. The summed E-state index contributed by atoms with van der Waals surface area (Å²) in [6.07, 6.45) is 0.985. The zero-order chi connectivity index (χ0) is 16.7. The number of ether oxygens (including phenoxy) is 1. The standard InChI is InChI=1S/C17H23N3O2S.ClH/c1-4-9-22-14-7-5-13(6-8-14)17-20-15(11-23-17)16(21)19-10-12(2)18-3;/h5-8,11-12,18H,4,9-10H2,1-3H3,(H,19,21);1H. The SMILES string of the molecule is CCCOc1ccc(-c2nc(C(=O)NCC(C)NC)cs2)cc1.Cl. The molecule has 2 aromatic rings. The van der Waals surface area contributed by atoms with Crippen molar-refractivity contribution in [3.8, 4) is 16.3 Å². The highest BCUT2D eigenvalue weighted by Crippen LogP contribution is 2.25. The fourth-order valence-electron chi connectivity index (χ4n) is 1.86. The van der Waals surface area contributed by atoms with Gasteiger partial charge in [-0.25, -0.2) is 4.98 Å². The van der Waals surface area contributed by atoms with Crippen LogP contribution in [-0.4, -0.2) is 37.1 Å². The number of nitrogens with one attached hydrogen (secondary N) is 2. The molecule has 0 fully saturated rings. The number of nitrogens with zero attached hydrogens (tertiary/aromatic N) is 1. The Balaban J connectivity index is 0.00000288. The quantitative estimate of drug-likeness (QED) is 0.749. The van der Waals surface area contributed by atoms with Crippen LogP contribution in [0.1, 0.15) is 30.8 Å². The molecule has 1 aromatic heterocycles. The van der Waals surface area contributed by atoms with Gasteiger partial charge in [-0.15, -0.1) is 23.7 Å². The maximum Gasteiger partial charge on any atom is 0.270 e. The van der Waals surface area contributed by atoms with Gasteiger partial charge in [0, 0.05) is 23.5 Å². The lowest BCUT2D eigenvalue weighted by atomic mass is 10.2. The van der Waals surface area contributed by atoms with Crippen molar-refractivity contribution in [1.29, 1.82) is 0 Å². The van der Waals surface area contributed by atoms with Gasteiger partial charge in [0.15, 0.2) is 0 Å². The summed E-state index contributed by atoms with van der Waals surface area (Å²) in [7, 11) is 1.87. The molecule has 1 heterocycles. The zero-order valence-corrected chi connectivity index (χ0v) is 15.8. The molecule has 1 amide bonds. The van der Waals surface area contributed by atoms with E-state index in [4.69, 9.17) is 4.74 Å². The van der Waals surface area contributed by atoms with Crippen LogP contribution in [0.25, 0.3) is 10.6 Å². The summed E-state index contributed by atoms with van der Waals surface area (Å²) in [6.45, 7) is 5.38. The number of aromatic nitrogens is 1. The second-order valence-corrected chi connectivity index (χ2v) is 6.17. The number of carbonyl (C=O) groups is 1. The molecule has 2 N–H and O–H groups in total. The third-order valence-electron chi connectivity index (χ3n) is 3.37. The molecule has 0 bridgehead atoms. The molecule has 1 unspecified atom stereocenters. The molecule has 0 radical (unpaired) electrons. The second kappa shape index (κ2) is 10.3. The molecule has 1 atom stereocenters. The zero-order valence-electron chi connectivity index (χ0n) is 14.2. The van der Waals surface area contributed by atoms with Crippen molar-refractivity contribution >= 4 is 29.7 Å². The minimum absolute atomic E-state index is 0. The Hall–Kier alpha value is -1.63. The lowest BCUT2D eigenvalue weighted by molar-refractivity contribution is 0.0946. The molecule has 0 aliphatic rings. The van der Waals surface area contributed by atoms with Gasteiger partial charge in [-0.3, -0.25) is 4.79 Å². The van der Waals surface area contributed by atoms with Crippen LogP contribution in [0.15, 0.2) is 29.6 Å². The van der Waals surface area contributed by atoms with Crippen molar-refractivity contribution in [2.75, 3.05) is 20.2 Å². The summed E-state index contributed by atoms with van der Waals surface area (Å²) >= 11 is 1.47. The van der Waals surface area contributed by atoms with Gasteiger partial charge in [0.1, 0.15) is 16.5 Å². The van der Waals surface area contributed by atoms with Gasteiger partial charge in [-0.2, -0.15) is 0 Å². The van der Waals surface area contributed by atoms with E-state index >= 15 is 0 Å². The second-order valence-electron chi connectivity index (χ2n) is 5.31. The van der Waals surface area contributed by atoms with E-state index in [1.165, 1.54) is 11.3 Å². The van der Waals surface area contributed by atoms with Crippen molar-refractivity contribution in [2.45, 2.75) is 26.3 Å². The fraction of sp³-hybridized carbons (Fsp3) is 0.412. The number of hydrogen-bond acceptors (Lipinski definition) is 5. The highest BCUT2D eigenvalue weighted by Gasteiger charge is 2.12. The van der Waals surface area contributed by atoms with E-state index in [1.807, 2.05) is 38.2 Å². The summed E-state index contributed by atoms with van der Waals surface area (Å²) in [4.78, 5) is 16.5. The Bertz CT molecular complexity index is 631.